The first kappa shape index (κ1) is 17.0. The number of rotatable bonds is 6. The molecule has 1 aromatic carbocycles. The highest BCUT2D eigenvalue weighted by atomic mass is 16.2. The quantitative estimate of drug-likeness (QED) is 0.817. The van der Waals surface area contributed by atoms with E-state index in [1.165, 1.54) is 16.5 Å². The van der Waals surface area contributed by atoms with Crippen molar-refractivity contribution in [1.29, 1.82) is 0 Å². The average Bonchev–Trinajstić information content (AvgIpc) is 2.43. The Morgan fingerprint density at radius 2 is 1.86 bits per heavy atom. The molecule has 0 spiro atoms. The lowest BCUT2D eigenvalue weighted by Crippen LogP contribution is -2.42. The second-order valence-corrected chi connectivity index (χ2v) is 5.32. The van der Waals surface area contributed by atoms with Crippen molar-refractivity contribution >= 4 is 17.9 Å². The molecule has 1 rings (SSSR count). The van der Waals surface area contributed by atoms with Crippen LogP contribution in [0.4, 0.5) is 0 Å². The lowest BCUT2D eigenvalue weighted by atomic mass is 10.1. The van der Waals surface area contributed by atoms with Gasteiger partial charge in [0.25, 0.3) is 0 Å². The monoisotopic (exact) mass is 288 g/mol. The van der Waals surface area contributed by atoms with Crippen LogP contribution >= 0.6 is 0 Å². The predicted molar refractivity (Wildman–Crippen MR) is 85.7 cm³/mol. The molecule has 0 heterocycles. The van der Waals surface area contributed by atoms with E-state index < -0.39 is 0 Å². The van der Waals surface area contributed by atoms with Crippen LogP contribution in [0.2, 0.25) is 0 Å². The van der Waals surface area contributed by atoms with Crippen LogP contribution in [-0.2, 0) is 9.59 Å². The molecule has 2 amide bonds. The van der Waals surface area contributed by atoms with Gasteiger partial charge in [-0.05, 0) is 39.3 Å². The minimum atomic E-state index is -0.156. The van der Waals surface area contributed by atoms with Gasteiger partial charge in [0.1, 0.15) is 0 Å². The fourth-order valence-corrected chi connectivity index (χ4v) is 1.84. The van der Waals surface area contributed by atoms with E-state index in [0.29, 0.717) is 6.54 Å². The van der Waals surface area contributed by atoms with Crippen molar-refractivity contribution in [1.82, 2.24) is 10.2 Å². The molecule has 21 heavy (non-hydrogen) atoms. The molecule has 1 N–H and O–H groups in total. The van der Waals surface area contributed by atoms with Crippen LogP contribution in [0.1, 0.15) is 31.9 Å². The molecule has 1 aromatic rings. The lowest BCUT2D eigenvalue weighted by molar-refractivity contribution is -0.132. The van der Waals surface area contributed by atoms with Gasteiger partial charge in [-0.1, -0.05) is 29.8 Å². The topological polar surface area (TPSA) is 49.4 Å². The molecule has 114 valence electrons. The maximum Gasteiger partial charge on any atom is 0.247 e. The molecule has 0 saturated carbocycles. The summed E-state index contributed by atoms with van der Waals surface area (Å²) in [7, 11) is 0. The predicted octanol–water partition coefficient (Wildman–Crippen LogP) is 2.38. The van der Waals surface area contributed by atoms with Gasteiger partial charge in [-0.25, -0.2) is 0 Å². The summed E-state index contributed by atoms with van der Waals surface area (Å²) in [6.07, 6.45) is 3.28. The smallest absolute Gasteiger partial charge is 0.247 e. The minimum absolute atomic E-state index is 0.0782. The maximum atomic E-state index is 12.1. The third kappa shape index (κ3) is 6.25. The van der Waals surface area contributed by atoms with Crippen molar-refractivity contribution in [2.75, 3.05) is 13.1 Å². The highest BCUT2D eigenvalue weighted by Crippen LogP contribution is 2.05. The minimum Gasteiger partial charge on any atom is -0.352 e. The standard InChI is InChI=1S/C17H24N2O2/c1-5-19(12-16(20)18-13(2)3)17(21)11-10-15-8-6-14(4)7-9-15/h6-11,13H,5,12H2,1-4H3,(H,18,20)/b11-10+. The summed E-state index contributed by atoms with van der Waals surface area (Å²) < 4.78 is 0. The van der Waals surface area contributed by atoms with Crippen LogP contribution in [0.5, 0.6) is 0 Å². The van der Waals surface area contributed by atoms with Crippen molar-refractivity contribution in [3.8, 4) is 0 Å². The van der Waals surface area contributed by atoms with Crippen molar-refractivity contribution < 1.29 is 9.59 Å². The van der Waals surface area contributed by atoms with Crippen molar-refractivity contribution in [2.24, 2.45) is 0 Å². The van der Waals surface area contributed by atoms with Crippen LogP contribution in [-0.4, -0.2) is 35.8 Å². The zero-order chi connectivity index (χ0) is 15.8. The maximum absolute atomic E-state index is 12.1. The van der Waals surface area contributed by atoms with Crippen LogP contribution in [0.25, 0.3) is 6.08 Å². The molecule has 0 atom stereocenters. The van der Waals surface area contributed by atoms with Crippen LogP contribution in [0, 0.1) is 6.92 Å². The van der Waals surface area contributed by atoms with Crippen molar-refractivity contribution in [2.45, 2.75) is 33.7 Å². The Balaban J connectivity index is 2.62. The third-order valence-corrected chi connectivity index (χ3v) is 2.97. The van der Waals surface area contributed by atoms with Crippen molar-refractivity contribution in [3.63, 3.8) is 0 Å². The van der Waals surface area contributed by atoms with E-state index in [4.69, 9.17) is 0 Å². The summed E-state index contributed by atoms with van der Waals surface area (Å²) in [5, 5.41) is 2.79. The van der Waals surface area contributed by atoms with Gasteiger partial charge >= 0.3 is 0 Å². The van der Waals surface area contributed by atoms with E-state index in [0.717, 1.165) is 5.56 Å². The Hall–Kier alpha value is -2.10. The molecule has 4 nitrogen and oxygen atoms in total. The Bertz CT molecular complexity index is 504. The average molecular weight is 288 g/mol. The molecular weight excluding hydrogens is 264 g/mol. The zero-order valence-corrected chi connectivity index (χ0v) is 13.2. The van der Waals surface area contributed by atoms with E-state index in [9.17, 15) is 9.59 Å². The largest absolute Gasteiger partial charge is 0.352 e. The summed E-state index contributed by atoms with van der Waals surface area (Å²) in [4.78, 5) is 25.3. The van der Waals surface area contributed by atoms with Gasteiger partial charge in [-0.2, -0.15) is 0 Å². The van der Waals surface area contributed by atoms with Gasteiger partial charge in [-0.3, -0.25) is 9.59 Å². The van der Waals surface area contributed by atoms with Gasteiger partial charge in [-0.15, -0.1) is 0 Å². The second-order valence-electron chi connectivity index (χ2n) is 5.32. The molecule has 0 unspecified atom stereocenters. The molecule has 0 bridgehead atoms. The van der Waals surface area contributed by atoms with E-state index in [2.05, 4.69) is 5.32 Å². The van der Waals surface area contributed by atoms with Crippen LogP contribution < -0.4 is 5.32 Å². The number of hydrogen-bond donors (Lipinski definition) is 1. The molecule has 0 aliphatic heterocycles. The summed E-state index contributed by atoms with van der Waals surface area (Å²) in [5.41, 5.74) is 2.15. The molecule has 0 radical (unpaired) electrons. The number of hydrogen-bond acceptors (Lipinski definition) is 2. The van der Waals surface area contributed by atoms with E-state index in [-0.39, 0.29) is 24.4 Å². The normalized spacial score (nSPS) is 10.9. The molecular formula is C17H24N2O2. The van der Waals surface area contributed by atoms with Gasteiger partial charge < -0.3 is 10.2 Å². The summed E-state index contributed by atoms with van der Waals surface area (Å²) >= 11 is 0. The lowest BCUT2D eigenvalue weighted by Gasteiger charge is -2.19. The number of likely N-dealkylation sites (N-methyl/N-ethyl adjacent to an activating group) is 1. The SMILES string of the molecule is CCN(CC(=O)NC(C)C)C(=O)/C=C/c1ccc(C)cc1. The number of carbonyl (C=O) groups is 2. The Kier molecular flexibility index (Phi) is 6.66. The van der Waals surface area contributed by atoms with Crippen LogP contribution in [0.3, 0.4) is 0 Å². The summed E-state index contributed by atoms with van der Waals surface area (Å²) in [6, 6.07) is 7.99. The first-order valence-corrected chi connectivity index (χ1v) is 7.25. The summed E-state index contributed by atoms with van der Waals surface area (Å²) in [6.45, 7) is 8.26. The third-order valence-electron chi connectivity index (χ3n) is 2.97. The van der Waals surface area contributed by atoms with E-state index in [1.54, 1.807) is 6.08 Å². The molecule has 0 saturated heterocycles. The van der Waals surface area contributed by atoms with Gasteiger partial charge in [0.15, 0.2) is 0 Å². The van der Waals surface area contributed by atoms with Gasteiger partial charge in [0.2, 0.25) is 11.8 Å². The fraction of sp³-hybridized carbons (Fsp3) is 0.412. The second kappa shape index (κ2) is 8.25. The molecule has 0 aliphatic rings. The zero-order valence-electron chi connectivity index (χ0n) is 13.2. The van der Waals surface area contributed by atoms with E-state index in [1.807, 2.05) is 52.0 Å². The van der Waals surface area contributed by atoms with Crippen LogP contribution in [0.15, 0.2) is 30.3 Å². The Morgan fingerprint density at radius 1 is 1.24 bits per heavy atom. The van der Waals surface area contributed by atoms with E-state index >= 15 is 0 Å². The van der Waals surface area contributed by atoms with Gasteiger partial charge in [0.05, 0.1) is 6.54 Å². The first-order chi connectivity index (χ1) is 9.92. The molecule has 0 fully saturated rings. The highest BCUT2D eigenvalue weighted by Gasteiger charge is 2.13. The number of nitrogens with one attached hydrogen (secondary N) is 1. The number of amides is 2. The number of carbonyl (C=O) groups excluding carboxylic acids is 2. The van der Waals surface area contributed by atoms with Gasteiger partial charge in [0, 0.05) is 18.7 Å². The molecule has 4 heteroatoms. The Morgan fingerprint density at radius 3 is 2.38 bits per heavy atom. The Labute approximate surface area is 126 Å². The van der Waals surface area contributed by atoms with Crippen molar-refractivity contribution in [3.05, 3.63) is 41.5 Å². The number of nitrogens with zero attached hydrogens (tertiary/aromatic N) is 1. The fourth-order valence-electron chi connectivity index (χ4n) is 1.84. The highest BCUT2D eigenvalue weighted by molar-refractivity contribution is 5.94. The number of benzene rings is 1. The first-order valence-electron chi connectivity index (χ1n) is 7.25. The molecule has 0 aliphatic carbocycles. The number of aryl methyl sites for hydroxylation is 1. The summed E-state index contributed by atoms with van der Waals surface area (Å²) in [5.74, 6) is -0.291. The molecule has 0 aromatic heterocycles.